The predicted octanol–water partition coefficient (Wildman–Crippen LogP) is 2.38. The molecular weight excluding hydrogens is 336 g/mol. The Morgan fingerprint density at radius 3 is 2.28 bits per heavy atom. The summed E-state index contributed by atoms with van der Waals surface area (Å²) in [4.78, 5) is 26.1. The second kappa shape index (κ2) is 5.09. The van der Waals surface area contributed by atoms with E-state index in [9.17, 15) is 9.59 Å². The molecule has 2 aromatic carbocycles. The minimum atomic E-state index is -0.198. The summed E-state index contributed by atoms with van der Waals surface area (Å²) < 4.78 is 2.01. The Balaban J connectivity index is 1.99. The van der Waals surface area contributed by atoms with Crippen molar-refractivity contribution in [1.82, 2.24) is 19.8 Å². The van der Waals surface area contributed by atoms with Crippen molar-refractivity contribution in [3.05, 3.63) is 84.9 Å². The van der Waals surface area contributed by atoms with Crippen LogP contribution in [0.25, 0.3) is 27.1 Å². The van der Waals surface area contributed by atoms with E-state index in [1.807, 2.05) is 30.3 Å². The molecule has 1 N–H and O–H groups in total. The van der Waals surface area contributed by atoms with Gasteiger partial charge in [0.05, 0.1) is 0 Å². The van der Waals surface area contributed by atoms with Gasteiger partial charge in [0, 0.05) is 16.3 Å². The van der Waals surface area contributed by atoms with Crippen molar-refractivity contribution in [3.8, 4) is 11.4 Å². The van der Waals surface area contributed by atoms with Gasteiger partial charge in [-0.25, -0.2) is 4.52 Å². The molecule has 0 saturated carbocycles. The SMILES string of the molecule is O=c1c2[nH]n3c(-c4ccccc4)nnc3sc=2c(=O)c2ccccc12. The van der Waals surface area contributed by atoms with Gasteiger partial charge >= 0.3 is 0 Å². The monoisotopic (exact) mass is 346 g/mol. The molecule has 2 aliphatic rings. The van der Waals surface area contributed by atoms with Crippen LogP contribution in [0.1, 0.15) is 0 Å². The van der Waals surface area contributed by atoms with E-state index in [-0.39, 0.29) is 16.2 Å². The first-order chi connectivity index (χ1) is 12.2. The fourth-order valence-corrected chi connectivity index (χ4v) is 3.90. The first kappa shape index (κ1) is 14.1. The van der Waals surface area contributed by atoms with Crippen molar-refractivity contribution in [2.24, 2.45) is 0 Å². The van der Waals surface area contributed by atoms with Crippen LogP contribution < -0.4 is 10.9 Å². The summed E-state index contributed by atoms with van der Waals surface area (Å²) in [5.74, 6) is 0.591. The fourth-order valence-electron chi connectivity index (χ4n) is 2.97. The van der Waals surface area contributed by atoms with Gasteiger partial charge in [0.25, 0.3) is 0 Å². The third kappa shape index (κ3) is 1.96. The third-order valence-electron chi connectivity index (χ3n) is 4.16. The first-order valence-corrected chi connectivity index (χ1v) is 8.44. The molecule has 5 rings (SSSR count). The number of rotatable bonds is 1. The highest BCUT2D eigenvalue weighted by Crippen LogP contribution is 2.19. The molecule has 0 fully saturated rings. The Kier molecular flexibility index (Phi) is 2.86. The Labute approximate surface area is 143 Å². The van der Waals surface area contributed by atoms with Crippen LogP contribution in [-0.4, -0.2) is 19.8 Å². The summed E-state index contributed by atoms with van der Waals surface area (Å²) in [6.45, 7) is 0. The highest BCUT2D eigenvalue weighted by atomic mass is 32.1. The summed E-state index contributed by atoms with van der Waals surface area (Å²) in [6, 6.07) is 16.4. The number of aromatic nitrogens is 4. The van der Waals surface area contributed by atoms with Crippen molar-refractivity contribution < 1.29 is 0 Å². The van der Waals surface area contributed by atoms with Gasteiger partial charge in [0.15, 0.2) is 5.82 Å². The van der Waals surface area contributed by atoms with Crippen molar-refractivity contribution in [1.29, 1.82) is 0 Å². The lowest BCUT2D eigenvalue weighted by Gasteiger charge is -2.02. The normalized spacial score (nSPS) is 11.5. The molecule has 2 heterocycles. The number of H-pyrrole nitrogens is 1. The Bertz CT molecular complexity index is 1430. The molecule has 0 atom stereocenters. The molecule has 1 aromatic heterocycles. The van der Waals surface area contributed by atoms with Crippen LogP contribution in [0.2, 0.25) is 0 Å². The van der Waals surface area contributed by atoms with Crippen LogP contribution in [0.5, 0.6) is 0 Å². The number of benzene rings is 2. The summed E-state index contributed by atoms with van der Waals surface area (Å²) in [5, 5.41) is 12.5. The third-order valence-corrected chi connectivity index (χ3v) is 5.20. The van der Waals surface area contributed by atoms with Gasteiger partial charge < -0.3 is 0 Å². The minimum absolute atomic E-state index is 0.168. The maximum atomic E-state index is 12.8. The molecule has 0 amide bonds. The molecule has 0 saturated heterocycles. The Hall–Kier alpha value is -3.32. The fraction of sp³-hybridized carbons (Fsp3) is 0. The average molecular weight is 346 g/mol. The topological polar surface area (TPSA) is 80.1 Å². The lowest BCUT2D eigenvalue weighted by molar-refractivity contribution is 0.915. The van der Waals surface area contributed by atoms with Crippen LogP contribution in [-0.2, 0) is 0 Å². The van der Waals surface area contributed by atoms with Gasteiger partial charge in [-0.1, -0.05) is 65.9 Å². The number of fused-ring (bicyclic) bond motifs is 2. The number of nitrogens with zero attached hydrogens (tertiary/aromatic N) is 3. The quantitative estimate of drug-likeness (QED) is 0.505. The molecule has 1 aliphatic carbocycles. The van der Waals surface area contributed by atoms with Crippen LogP contribution in [0.4, 0.5) is 0 Å². The number of hydrogen-bond donors (Lipinski definition) is 1. The molecule has 0 spiro atoms. The van der Waals surface area contributed by atoms with Crippen molar-refractivity contribution in [2.45, 2.75) is 0 Å². The van der Waals surface area contributed by atoms with Gasteiger partial charge in [0.1, 0.15) is 9.88 Å². The van der Waals surface area contributed by atoms with E-state index in [4.69, 9.17) is 0 Å². The lowest BCUT2D eigenvalue weighted by Crippen LogP contribution is -2.17. The van der Waals surface area contributed by atoms with Gasteiger partial charge in [-0.05, 0) is 0 Å². The number of hydrogen-bond acceptors (Lipinski definition) is 5. The predicted molar refractivity (Wildman–Crippen MR) is 96.0 cm³/mol. The van der Waals surface area contributed by atoms with E-state index < -0.39 is 0 Å². The van der Waals surface area contributed by atoms with Gasteiger partial charge in [-0.15, -0.1) is 10.2 Å². The zero-order valence-electron chi connectivity index (χ0n) is 12.8. The minimum Gasteiger partial charge on any atom is -0.288 e. The summed E-state index contributed by atoms with van der Waals surface area (Å²) in [5.41, 5.74) is 0.502. The maximum absolute atomic E-state index is 12.8. The smallest absolute Gasteiger partial charge is 0.232 e. The maximum Gasteiger partial charge on any atom is 0.232 e. The van der Waals surface area contributed by atoms with Crippen molar-refractivity contribution in [3.63, 3.8) is 0 Å². The standard InChI is InChI=1S/C18H10N4O2S/c23-14-11-8-4-5-9-12(11)15(24)16-13(14)21-22-17(19-20-18(22)25-16)10-6-2-1-3-7-10/h1-9,21H. The lowest BCUT2D eigenvalue weighted by atomic mass is 10.1. The van der Waals surface area contributed by atoms with Gasteiger partial charge in [-0.2, -0.15) is 0 Å². The summed E-state index contributed by atoms with van der Waals surface area (Å²) in [7, 11) is 0. The summed E-state index contributed by atoms with van der Waals surface area (Å²) in [6.07, 6.45) is 0. The van der Waals surface area contributed by atoms with E-state index in [0.29, 0.717) is 26.1 Å². The highest BCUT2D eigenvalue weighted by Gasteiger charge is 2.13. The molecule has 120 valence electrons. The van der Waals surface area contributed by atoms with Crippen molar-refractivity contribution in [2.75, 3.05) is 0 Å². The van der Waals surface area contributed by atoms with E-state index in [1.165, 1.54) is 11.3 Å². The molecule has 7 heteroatoms. The van der Waals surface area contributed by atoms with Crippen LogP contribution in [0.15, 0.2) is 64.2 Å². The van der Waals surface area contributed by atoms with Crippen molar-refractivity contribution >= 4 is 27.1 Å². The molecule has 0 radical (unpaired) electrons. The highest BCUT2D eigenvalue weighted by molar-refractivity contribution is 7.14. The van der Waals surface area contributed by atoms with Crippen LogP contribution in [0, 0.1) is 9.88 Å². The molecule has 0 bridgehead atoms. The first-order valence-electron chi connectivity index (χ1n) is 7.62. The molecule has 0 unspecified atom stereocenters. The van der Waals surface area contributed by atoms with E-state index in [0.717, 1.165) is 5.56 Å². The second-order valence-electron chi connectivity index (χ2n) is 5.63. The Morgan fingerprint density at radius 1 is 0.840 bits per heavy atom. The van der Waals surface area contributed by atoms with E-state index >= 15 is 0 Å². The largest absolute Gasteiger partial charge is 0.288 e. The van der Waals surface area contributed by atoms with Gasteiger partial charge in [-0.3, -0.25) is 14.7 Å². The summed E-state index contributed by atoms with van der Waals surface area (Å²) >= 11 is 1.17. The Morgan fingerprint density at radius 2 is 1.52 bits per heavy atom. The van der Waals surface area contributed by atoms with Crippen LogP contribution in [0.3, 0.4) is 0 Å². The number of nitrogens with one attached hydrogen (secondary N) is 1. The second-order valence-corrected chi connectivity index (χ2v) is 6.61. The molecular formula is C18H10N4O2S. The van der Waals surface area contributed by atoms with Gasteiger partial charge in [0.2, 0.25) is 15.8 Å². The molecule has 1 aliphatic heterocycles. The average Bonchev–Trinajstić information content (AvgIpc) is 3.08. The van der Waals surface area contributed by atoms with E-state index in [1.54, 1.807) is 28.8 Å². The van der Waals surface area contributed by atoms with E-state index in [2.05, 4.69) is 15.3 Å². The zero-order chi connectivity index (χ0) is 17.0. The molecule has 6 nitrogen and oxygen atoms in total. The molecule has 3 aromatic rings. The number of aromatic amines is 1. The zero-order valence-corrected chi connectivity index (χ0v) is 13.6. The van der Waals surface area contributed by atoms with Crippen LogP contribution >= 0.6 is 11.3 Å². The molecule has 25 heavy (non-hydrogen) atoms.